The Morgan fingerprint density at radius 1 is 0.577 bits per heavy atom. The average Bonchev–Trinajstić information content (AvgIpc) is 2.54. The standard InChI is InChI=1S/C10H12N2O12.2H2O/c13-3-5(15)9(19)23-12-2-1-11(21-7(3)17)22-8(18)4(14)6(16)10(20)24-12;;/h3-6,13-16H,1-2H2;2*1H2. The van der Waals surface area contributed by atoms with Gasteiger partial charge >= 0.3 is 23.9 Å². The fourth-order valence-electron chi connectivity index (χ4n) is 1.52. The van der Waals surface area contributed by atoms with Crippen LogP contribution < -0.4 is 0 Å². The highest BCUT2D eigenvalue weighted by atomic mass is 17.0. The molecule has 2 heterocycles. The van der Waals surface area contributed by atoms with Crippen LogP contribution >= 0.6 is 0 Å². The van der Waals surface area contributed by atoms with Crippen LogP contribution in [0.2, 0.25) is 0 Å². The quantitative estimate of drug-likeness (QED) is 0.301. The van der Waals surface area contributed by atoms with Gasteiger partial charge in [0.2, 0.25) is 0 Å². The number of aliphatic hydroxyl groups excluding tert-OH is 4. The molecule has 26 heavy (non-hydrogen) atoms. The molecule has 4 atom stereocenters. The molecule has 2 bridgehead atoms. The Morgan fingerprint density at radius 2 is 0.769 bits per heavy atom. The SMILES string of the molecule is O.O.O=C1ON2CCN(OC(=O)C(O)C1O)OC(=O)C(O)C(O)C(=O)O2. The van der Waals surface area contributed by atoms with Crippen molar-refractivity contribution in [3.8, 4) is 0 Å². The van der Waals surface area contributed by atoms with E-state index in [0.717, 1.165) is 0 Å². The van der Waals surface area contributed by atoms with E-state index < -0.39 is 61.4 Å². The third-order valence-electron chi connectivity index (χ3n) is 2.80. The van der Waals surface area contributed by atoms with Gasteiger partial charge in [-0.15, -0.1) is 0 Å². The number of carbonyl (C=O) groups excluding carboxylic acids is 4. The van der Waals surface area contributed by atoms with E-state index in [-0.39, 0.29) is 21.4 Å². The van der Waals surface area contributed by atoms with Crippen LogP contribution in [0.3, 0.4) is 0 Å². The molecule has 0 aromatic rings. The van der Waals surface area contributed by atoms with E-state index in [4.69, 9.17) is 0 Å². The van der Waals surface area contributed by atoms with E-state index in [1.54, 1.807) is 0 Å². The summed E-state index contributed by atoms with van der Waals surface area (Å²) in [7, 11) is 0. The number of rotatable bonds is 0. The molecule has 16 nitrogen and oxygen atoms in total. The number of aliphatic hydroxyl groups is 4. The molecular formula is C10H16N2O14. The monoisotopic (exact) mass is 388 g/mol. The first-order valence-electron chi connectivity index (χ1n) is 6.35. The molecule has 2 saturated heterocycles. The average molecular weight is 388 g/mol. The summed E-state index contributed by atoms with van der Waals surface area (Å²) >= 11 is 0. The molecule has 16 heteroatoms. The lowest BCUT2D eigenvalue weighted by Crippen LogP contribution is -2.53. The molecule has 2 aliphatic heterocycles. The Morgan fingerprint density at radius 3 is 0.962 bits per heavy atom. The van der Waals surface area contributed by atoms with Crippen molar-refractivity contribution >= 4 is 23.9 Å². The van der Waals surface area contributed by atoms with E-state index in [9.17, 15) is 39.6 Å². The number of hydrogen-bond donors (Lipinski definition) is 4. The van der Waals surface area contributed by atoms with Crippen LogP contribution in [0.25, 0.3) is 0 Å². The topological polar surface area (TPSA) is 256 Å². The van der Waals surface area contributed by atoms with Crippen molar-refractivity contribution in [1.29, 1.82) is 0 Å². The van der Waals surface area contributed by atoms with Gasteiger partial charge in [-0.2, -0.15) is 0 Å². The Kier molecular flexibility index (Phi) is 8.44. The zero-order chi connectivity index (χ0) is 18.0. The molecule has 2 aliphatic rings. The molecule has 4 unspecified atom stereocenters. The normalized spacial score (nSPS) is 35.5. The molecular weight excluding hydrogens is 372 g/mol. The van der Waals surface area contributed by atoms with Gasteiger partial charge in [0.05, 0.1) is 13.1 Å². The van der Waals surface area contributed by atoms with Gasteiger partial charge in [0.1, 0.15) is 0 Å². The molecule has 8 N–H and O–H groups in total. The molecule has 0 amide bonds. The van der Waals surface area contributed by atoms with Crippen molar-refractivity contribution in [2.24, 2.45) is 0 Å². The lowest BCUT2D eigenvalue weighted by Gasteiger charge is -2.29. The zero-order valence-electron chi connectivity index (χ0n) is 12.7. The maximum Gasteiger partial charge on any atom is 0.360 e. The predicted molar refractivity (Wildman–Crippen MR) is 69.0 cm³/mol. The largest absolute Gasteiger partial charge is 0.412 e. The van der Waals surface area contributed by atoms with Gasteiger partial charge in [0.25, 0.3) is 0 Å². The van der Waals surface area contributed by atoms with Crippen LogP contribution in [-0.4, -0.2) is 103 Å². The highest BCUT2D eigenvalue weighted by Gasteiger charge is 2.42. The minimum absolute atomic E-state index is 0. The number of carbonyl (C=O) groups is 4. The first-order chi connectivity index (χ1) is 11.2. The smallest absolute Gasteiger partial charge is 0.360 e. The lowest BCUT2D eigenvalue weighted by atomic mass is 10.2. The Bertz CT molecular complexity index is 462. The molecule has 150 valence electrons. The number of fused-ring (bicyclic) bond motifs is 3. The predicted octanol–water partition coefficient (Wildman–Crippen LogP) is -6.76. The first kappa shape index (κ1) is 23.6. The van der Waals surface area contributed by atoms with Crippen molar-refractivity contribution in [1.82, 2.24) is 10.5 Å². The maximum atomic E-state index is 11.5. The van der Waals surface area contributed by atoms with Gasteiger partial charge in [0.15, 0.2) is 24.4 Å². The fraction of sp³-hybridized carbons (Fsp3) is 0.600. The second-order valence-electron chi connectivity index (χ2n) is 4.53. The van der Waals surface area contributed by atoms with Gasteiger partial charge in [-0.1, -0.05) is 0 Å². The summed E-state index contributed by atoms with van der Waals surface area (Å²) < 4.78 is 0. The van der Waals surface area contributed by atoms with Crippen molar-refractivity contribution in [3.05, 3.63) is 0 Å². The Balaban J connectivity index is 0.00000312. The lowest BCUT2D eigenvalue weighted by molar-refractivity contribution is -0.371. The van der Waals surface area contributed by atoms with Crippen molar-refractivity contribution in [2.45, 2.75) is 24.4 Å². The van der Waals surface area contributed by atoms with E-state index >= 15 is 0 Å². The third-order valence-corrected chi connectivity index (χ3v) is 2.80. The summed E-state index contributed by atoms with van der Waals surface area (Å²) in [5.41, 5.74) is 0. The summed E-state index contributed by atoms with van der Waals surface area (Å²) in [5, 5.41) is 38.2. The van der Waals surface area contributed by atoms with Gasteiger partial charge in [-0.3, -0.25) is 0 Å². The molecule has 0 aliphatic carbocycles. The van der Waals surface area contributed by atoms with Crippen molar-refractivity contribution < 1.29 is 69.9 Å². The van der Waals surface area contributed by atoms with E-state index in [1.165, 1.54) is 0 Å². The minimum Gasteiger partial charge on any atom is -0.412 e. The minimum atomic E-state index is -2.41. The van der Waals surface area contributed by atoms with E-state index in [1.807, 2.05) is 0 Å². The van der Waals surface area contributed by atoms with E-state index in [2.05, 4.69) is 19.4 Å². The molecule has 0 radical (unpaired) electrons. The first-order valence-corrected chi connectivity index (χ1v) is 6.35. The summed E-state index contributed by atoms with van der Waals surface area (Å²) in [6, 6.07) is 0. The fourth-order valence-corrected chi connectivity index (χ4v) is 1.52. The molecule has 0 aromatic carbocycles. The van der Waals surface area contributed by atoms with Crippen LogP contribution in [0.15, 0.2) is 0 Å². The Hall–Kier alpha value is -2.44. The zero-order valence-corrected chi connectivity index (χ0v) is 12.7. The molecule has 0 saturated carbocycles. The van der Waals surface area contributed by atoms with Gasteiger partial charge in [-0.05, 0) is 0 Å². The van der Waals surface area contributed by atoms with Crippen molar-refractivity contribution in [3.63, 3.8) is 0 Å². The highest BCUT2D eigenvalue weighted by molar-refractivity contribution is 5.86. The van der Waals surface area contributed by atoms with Gasteiger partial charge in [0, 0.05) is 10.5 Å². The number of hydroxylamine groups is 4. The van der Waals surface area contributed by atoms with Crippen LogP contribution in [0.4, 0.5) is 0 Å². The molecule has 2 rings (SSSR count). The number of hydrogen-bond acceptors (Lipinski definition) is 14. The van der Waals surface area contributed by atoms with Crippen LogP contribution in [0, 0.1) is 0 Å². The van der Waals surface area contributed by atoms with Crippen LogP contribution in [0.1, 0.15) is 0 Å². The number of nitrogens with zero attached hydrogens (tertiary/aromatic N) is 2. The van der Waals surface area contributed by atoms with Gasteiger partial charge < -0.3 is 50.7 Å². The summed E-state index contributed by atoms with van der Waals surface area (Å²) in [4.78, 5) is 63.9. The van der Waals surface area contributed by atoms with Crippen LogP contribution in [-0.2, 0) is 38.5 Å². The van der Waals surface area contributed by atoms with Gasteiger partial charge in [-0.25, -0.2) is 19.2 Å². The van der Waals surface area contributed by atoms with Crippen molar-refractivity contribution in [2.75, 3.05) is 13.1 Å². The molecule has 0 spiro atoms. The van der Waals surface area contributed by atoms with E-state index in [0.29, 0.717) is 0 Å². The summed E-state index contributed by atoms with van der Waals surface area (Å²) in [6.45, 7) is -1.13. The molecule has 0 aromatic heterocycles. The molecule has 2 fully saturated rings. The maximum absolute atomic E-state index is 11.5. The highest BCUT2D eigenvalue weighted by Crippen LogP contribution is 2.12. The second-order valence-corrected chi connectivity index (χ2v) is 4.53. The third kappa shape index (κ3) is 5.03. The Labute approximate surface area is 143 Å². The summed E-state index contributed by atoms with van der Waals surface area (Å²) in [5.74, 6) is -6.32. The van der Waals surface area contributed by atoms with Crippen LogP contribution in [0.5, 0.6) is 0 Å². The summed E-state index contributed by atoms with van der Waals surface area (Å²) in [6.07, 6.45) is -9.64. The second kappa shape index (κ2) is 9.31.